The standard InChI is InChI=1S/C31H40N5O2P/c1-4-19-39(37,20-5-2)27-15-13-25(14-16-27)33-30-28-31(35-29(34-30)24-10-6-7-11-24)36(22-32-28)18-17-23-9-8-12-26(21-23)38-3/h8-9,12-16,21-22,24H,4-7,10-11,17-20H2,1-3H3,(H,33,34,35). The highest BCUT2D eigenvalue weighted by molar-refractivity contribution is 7.71. The van der Waals surface area contributed by atoms with Gasteiger partial charge in [-0.2, -0.15) is 0 Å². The van der Waals surface area contributed by atoms with Gasteiger partial charge in [-0.3, -0.25) is 0 Å². The first-order chi connectivity index (χ1) is 19.0. The molecule has 0 aliphatic heterocycles. The maximum absolute atomic E-state index is 13.6. The summed E-state index contributed by atoms with van der Waals surface area (Å²) in [6, 6.07) is 16.3. The van der Waals surface area contributed by atoms with Gasteiger partial charge >= 0.3 is 0 Å². The summed E-state index contributed by atoms with van der Waals surface area (Å²) in [5, 5.41) is 4.49. The van der Waals surface area contributed by atoms with Gasteiger partial charge in [-0.25, -0.2) is 15.0 Å². The van der Waals surface area contributed by atoms with E-state index in [0.717, 1.165) is 90.5 Å². The van der Waals surface area contributed by atoms with E-state index in [-0.39, 0.29) is 0 Å². The lowest BCUT2D eigenvalue weighted by Gasteiger charge is -2.18. The van der Waals surface area contributed by atoms with Crippen molar-refractivity contribution in [3.63, 3.8) is 0 Å². The molecule has 1 aliphatic rings. The summed E-state index contributed by atoms with van der Waals surface area (Å²) >= 11 is 0. The minimum atomic E-state index is -2.35. The highest BCUT2D eigenvalue weighted by atomic mass is 31.2. The molecule has 0 unspecified atom stereocenters. The number of fused-ring (bicyclic) bond motifs is 1. The smallest absolute Gasteiger partial charge is 0.165 e. The second-order valence-corrected chi connectivity index (χ2v) is 13.8. The summed E-state index contributed by atoms with van der Waals surface area (Å²) in [5.41, 5.74) is 3.77. The van der Waals surface area contributed by atoms with Crippen LogP contribution in [0.15, 0.2) is 54.9 Å². The Morgan fingerprint density at radius 1 is 1.03 bits per heavy atom. The van der Waals surface area contributed by atoms with Crippen LogP contribution in [0.2, 0.25) is 0 Å². The Morgan fingerprint density at radius 3 is 2.46 bits per heavy atom. The van der Waals surface area contributed by atoms with E-state index in [1.807, 2.05) is 42.7 Å². The van der Waals surface area contributed by atoms with E-state index >= 15 is 0 Å². The first kappa shape index (κ1) is 27.4. The van der Waals surface area contributed by atoms with Crippen molar-refractivity contribution >= 4 is 35.1 Å². The van der Waals surface area contributed by atoms with Crippen molar-refractivity contribution in [2.45, 2.75) is 71.3 Å². The van der Waals surface area contributed by atoms with Crippen LogP contribution in [0.1, 0.15) is 69.7 Å². The van der Waals surface area contributed by atoms with Gasteiger partial charge in [0, 0.05) is 35.8 Å². The summed E-state index contributed by atoms with van der Waals surface area (Å²) in [5.74, 6) is 2.89. The molecule has 2 heterocycles. The highest BCUT2D eigenvalue weighted by Gasteiger charge is 2.24. The third kappa shape index (κ3) is 6.19. The van der Waals surface area contributed by atoms with Crippen LogP contribution >= 0.6 is 7.14 Å². The van der Waals surface area contributed by atoms with E-state index in [2.05, 4.69) is 35.9 Å². The van der Waals surface area contributed by atoms with E-state index in [1.54, 1.807) is 7.11 Å². The molecule has 0 radical (unpaired) electrons. The van der Waals surface area contributed by atoms with Crippen LogP contribution in [0.25, 0.3) is 11.2 Å². The molecule has 1 saturated carbocycles. The molecule has 206 valence electrons. The Morgan fingerprint density at radius 2 is 1.77 bits per heavy atom. The van der Waals surface area contributed by atoms with Gasteiger partial charge in [-0.15, -0.1) is 0 Å². The van der Waals surface area contributed by atoms with Crippen molar-refractivity contribution in [2.75, 3.05) is 24.8 Å². The summed E-state index contributed by atoms with van der Waals surface area (Å²) < 4.78 is 21.1. The van der Waals surface area contributed by atoms with Crippen LogP contribution in [0.4, 0.5) is 11.5 Å². The molecule has 1 fully saturated rings. The minimum Gasteiger partial charge on any atom is -0.497 e. The molecule has 39 heavy (non-hydrogen) atoms. The second-order valence-electron chi connectivity index (χ2n) is 10.6. The summed E-state index contributed by atoms with van der Waals surface area (Å²) in [4.78, 5) is 14.8. The van der Waals surface area contributed by atoms with Gasteiger partial charge in [-0.05, 0) is 74.1 Å². The zero-order valence-electron chi connectivity index (χ0n) is 23.4. The fourth-order valence-corrected chi connectivity index (χ4v) is 8.58. The number of aryl methyl sites for hydroxylation is 2. The Kier molecular flexibility index (Phi) is 8.66. The summed E-state index contributed by atoms with van der Waals surface area (Å²) in [6.07, 6.45) is 10.8. The van der Waals surface area contributed by atoms with Crippen molar-refractivity contribution in [2.24, 2.45) is 0 Å². The van der Waals surface area contributed by atoms with Crippen molar-refractivity contribution in [1.29, 1.82) is 0 Å². The first-order valence-corrected chi connectivity index (χ1v) is 16.4. The second kappa shape index (κ2) is 12.3. The SMILES string of the molecule is CCCP(=O)(CCC)c1ccc(Nc2nc(C3CCCC3)nc3c2ncn3CCc2cccc(OC)c2)cc1. The predicted molar refractivity (Wildman–Crippen MR) is 161 cm³/mol. The van der Waals surface area contributed by atoms with Crippen LogP contribution in [-0.4, -0.2) is 39.0 Å². The first-order valence-electron chi connectivity index (χ1n) is 14.3. The number of hydrogen-bond donors (Lipinski definition) is 1. The average molecular weight is 546 g/mol. The number of imidazole rings is 1. The van der Waals surface area contributed by atoms with E-state index in [0.29, 0.717) is 5.92 Å². The quantitative estimate of drug-likeness (QED) is 0.188. The fraction of sp³-hybridized carbons (Fsp3) is 0.452. The number of hydrogen-bond acceptors (Lipinski definition) is 6. The van der Waals surface area contributed by atoms with Crippen molar-refractivity contribution in [3.05, 3.63) is 66.2 Å². The number of anilines is 2. The summed E-state index contributed by atoms with van der Waals surface area (Å²) in [7, 11) is -0.652. The lowest BCUT2D eigenvalue weighted by Crippen LogP contribution is -2.11. The normalized spacial score (nSPS) is 14.2. The zero-order chi connectivity index (χ0) is 27.2. The van der Waals surface area contributed by atoms with E-state index in [4.69, 9.17) is 19.7 Å². The number of rotatable bonds is 12. The van der Waals surface area contributed by atoms with Crippen molar-refractivity contribution in [1.82, 2.24) is 19.5 Å². The van der Waals surface area contributed by atoms with Gasteiger partial charge in [0.1, 0.15) is 18.7 Å². The fourth-order valence-electron chi connectivity index (χ4n) is 5.70. The largest absolute Gasteiger partial charge is 0.497 e. The molecule has 0 spiro atoms. The molecule has 0 amide bonds. The molecular formula is C31H40N5O2P. The molecule has 5 rings (SSSR count). The molecule has 7 nitrogen and oxygen atoms in total. The van der Waals surface area contributed by atoms with Gasteiger partial charge in [0.15, 0.2) is 17.0 Å². The van der Waals surface area contributed by atoms with Gasteiger partial charge < -0.3 is 19.2 Å². The van der Waals surface area contributed by atoms with Crippen LogP contribution < -0.4 is 15.4 Å². The monoisotopic (exact) mass is 545 g/mol. The van der Waals surface area contributed by atoms with Gasteiger partial charge in [0.25, 0.3) is 0 Å². The van der Waals surface area contributed by atoms with Crippen LogP contribution in [0, 0.1) is 0 Å². The number of aromatic nitrogens is 4. The van der Waals surface area contributed by atoms with Crippen LogP contribution in [0.3, 0.4) is 0 Å². The lowest BCUT2D eigenvalue weighted by molar-refractivity contribution is 0.414. The molecule has 0 bridgehead atoms. The van der Waals surface area contributed by atoms with Crippen LogP contribution in [-0.2, 0) is 17.5 Å². The predicted octanol–water partition coefficient (Wildman–Crippen LogP) is 7.29. The van der Waals surface area contributed by atoms with Crippen LogP contribution in [0.5, 0.6) is 5.75 Å². The number of nitrogens with zero attached hydrogens (tertiary/aromatic N) is 4. The van der Waals surface area contributed by atoms with Gasteiger partial charge in [-0.1, -0.05) is 38.8 Å². The Labute approximate surface area is 231 Å². The third-order valence-corrected chi connectivity index (χ3v) is 11.3. The molecule has 8 heteroatoms. The molecule has 0 atom stereocenters. The molecule has 1 N–H and O–H groups in total. The number of methoxy groups -OCH3 is 1. The molecular weight excluding hydrogens is 505 g/mol. The number of ether oxygens (including phenoxy) is 1. The van der Waals surface area contributed by atoms with Gasteiger partial charge in [0.05, 0.1) is 13.4 Å². The number of nitrogens with one attached hydrogen (secondary N) is 1. The Balaban J connectivity index is 1.44. The van der Waals surface area contributed by atoms with E-state index < -0.39 is 7.14 Å². The molecule has 2 aromatic heterocycles. The molecule has 1 aliphatic carbocycles. The molecule has 0 saturated heterocycles. The number of benzene rings is 2. The molecule has 2 aromatic carbocycles. The van der Waals surface area contributed by atoms with Gasteiger partial charge in [0.2, 0.25) is 0 Å². The minimum absolute atomic E-state index is 0.382. The highest BCUT2D eigenvalue weighted by Crippen LogP contribution is 2.45. The van der Waals surface area contributed by atoms with E-state index in [1.165, 1.54) is 18.4 Å². The maximum atomic E-state index is 13.6. The van der Waals surface area contributed by atoms with Crippen molar-refractivity contribution < 1.29 is 9.30 Å². The Bertz CT molecular complexity index is 1430. The third-order valence-electron chi connectivity index (χ3n) is 7.75. The summed E-state index contributed by atoms with van der Waals surface area (Å²) in [6.45, 7) is 4.98. The topological polar surface area (TPSA) is 81.9 Å². The zero-order valence-corrected chi connectivity index (χ0v) is 24.3. The molecule has 4 aromatic rings. The van der Waals surface area contributed by atoms with E-state index in [9.17, 15) is 4.57 Å². The average Bonchev–Trinajstić information content (AvgIpc) is 3.63. The Hall–Kier alpha value is -3.18. The van der Waals surface area contributed by atoms with Crippen molar-refractivity contribution in [3.8, 4) is 5.75 Å². The maximum Gasteiger partial charge on any atom is 0.165 e. The lowest BCUT2D eigenvalue weighted by atomic mass is 10.1.